The van der Waals surface area contributed by atoms with Crippen LogP contribution in [-0.2, 0) is 0 Å². The van der Waals surface area contributed by atoms with E-state index in [2.05, 4.69) is 0 Å². The summed E-state index contributed by atoms with van der Waals surface area (Å²) in [5.74, 6) is 1.48. The van der Waals surface area contributed by atoms with Crippen molar-refractivity contribution in [3.63, 3.8) is 0 Å². The number of hydrogen-bond donors (Lipinski definition) is 0. The van der Waals surface area contributed by atoms with Crippen LogP contribution >= 0.6 is 11.6 Å². The number of aryl methyl sites for hydroxylation is 1. The maximum Gasteiger partial charge on any atom is 0.254 e. The van der Waals surface area contributed by atoms with Gasteiger partial charge in [0.2, 0.25) is 6.79 Å². The summed E-state index contributed by atoms with van der Waals surface area (Å²) in [4.78, 5) is 20.4. The quantitative estimate of drug-likeness (QED) is 0.538. The van der Waals surface area contributed by atoms with Crippen molar-refractivity contribution >= 4 is 28.4 Å². The van der Waals surface area contributed by atoms with Crippen LogP contribution in [0.25, 0.3) is 22.2 Å². The fraction of sp³-hybridized carbons (Fsp3) is 0.333. The summed E-state index contributed by atoms with van der Waals surface area (Å²) >= 11 is 6.39. The first-order valence-corrected chi connectivity index (χ1v) is 10.8. The van der Waals surface area contributed by atoms with Crippen molar-refractivity contribution < 1.29 is 14.3 Å². The van der Waals surface area contributed by atoms with Crippen LogP contribution in [0.2, 0.25) is 5.02 Å². The predicted octanol–water partition coefficient (Wildman–Crippen LogP) is 5.61. The number of pyridine rings is 1. The normalized spacial score (nSPS) is 16.0. The Balaban J connectivity index is 1.67. The van der Waals surface area contributed by atoms with Gasteiger partial charge in [0.25, 0.3) is 5.91 Å². The van der Waals surface area contributed by atoms with Gasteiger partial charge in [0, 0.05) is 29.1 Å². The number of halogens is 1. The molecule has 0 N–H and O–H groups in total. The zero-order chi connectivity index (χ0) is 20.7. The molecule has 30 heavy (non-hydrogen) atoms. The lowest BCUT2D eigenvalue weighted by Gasteiger charge is -2.22. The number of rotatable bonds is 2. The van der Waals surface area contributed by atoms with E-state index >= 15 is 0 Å². The fourth-order valence-corrected chi connectivity index (χ4v) is 4.38. The molecular formula is C24H23ClN2O3. The van der Waals surface area contributed by atoms with Gasteiger partial charge in [0.1, 0.15) is 0 Å². The second-order valence-corrected chi connectivity index (χ2v) is 8.31. The second-order valence-electron chi connectivity index (χ2n) is 7.90. The van der Waals surface area contributed by atoms with Crippen LogP contribution < -0.4 is 9.47 Å². The van der Waals surface area contributed by atoms with Gasteiger partial charge in [0.05, 0.1) is 16.8 Å². The lowest BCUT2D eigenvalue weighted by molar-refractivity contribution is 0.0763. The molecule has 1 saturated heterocycles. The molecule has 154 valence electrons. The summed E-state index contributed by atoms with van der Waals surface area (Å²) in [5.41, 5.74) is 3.92. The van der Waals surface area contributed by atoms with Crippen LogP contribution in [0.5, 0.6) is 11.5 Å². The fourth-order valence-electron chi connectivity index (χ4n) is 4.23. The molecule has 6 heteroatoms. The average Bonchev–Trinajstić information content (AvgIpc) is 3.07. The van der Waals surface area contributed by atoms with Crippen LogP contribution in [0.15, 0.2) is 36.4 Å². The first-order chi connectivity index (χ1) is 14.6. The highest BCUT2D eigenvalue weighted by Gasteiger charge is 2.23. The number of benzene rings is 2. The van der Waals surface area contributed by atoms with Crippen molar-refractivity contribution in [2.75, 3.05) is 19.9 Å². The van der Waals surface area contributed by atoms with Crippen LogP contribution in [0.4, 0.5) is 0 Å². The molecule has 1 aromatic heterocycles. The highest BCUT2D eigenvalue weighted by molar-refractivity contribution is 6.32. The van der Waals surface area contributed by atoms with Gasteiger partial charge in [0.15, 0.2) is 11.5 Å². The molecule has 2 aliphatic rings. The van der Waals surface area contributed by atoms with E-state index in [0.29, 0.717) is 16.3 Å². The highest BCUT2D eigenvalue weighted by atomic mass is 35.5. The summed E-state index contributed by atoms with van der Waals surface area (Å²) in [6.07, 6.45) is 4.46. The monoisotopic (exact) mass is 422 g/mol. The summed E-state index contributed by atoms with van der Waals surface area (Å²) in [6.45, 7) is 3.77. The molecular weight excluding hydrogens is 400 g/mol. The van der Waals surface area contributed by atoms with Crippen LogP contribution in [0, 0.1) is 6.92 Å². The number of aromatic nitrogens is 1. The van der Waals surface area contributed by atoms with Crippen molar-refractivity contribution in [1.82, 2.24) is 9.88 Å². The van der Waals surface area contributed by atoms with Crippen LogP contribution in [-0.4, -0.2) is 35.7 Å². The van der Waals surface area contributed by atoms with Crippen LogP contribution in [0.1, 0.15) is 41.6 Å². The van der Waals surface area contributed by atoms with Gasteiger partial charge < -0.3 is 14.4 Å². The second kappa shape index (κ2) is 7.80. The van der Waals surface area contributed by atoms with Crippen molar-refractivity contribution in [1.29, 1.82) is 0 Å². The van der Waals surface area contributed by atoms with Gasteiger partial charge in [-0.25, -0.2) is 4.98 Å². The Kier molecular flexibility index (Phi) is 4.99. The Morgan fingerprint density at radius 1 is 1.00 bits per heavy atom. The molecule has 0 bridgehead atoms. The molecule has 2 aromatic carbocycles. The molecule has 1 amide bonds. The molecule has 2 aliphatic heterocycles. The van der Waals surface area contributed by atoms with Gasteiger partial charge in [-0.2, -0.15) is 0 Å². The number of nitrogens with zero attached hydrogens (tertiary/aromatic N) is 2. The van der Waals surface area contributed by atoms with Gasteiger partial charge in [-0.3, -0.25) is 4.79 Å². The van der Waals surface area contributed by atoms with Crippen molar-refractivity contribution in [2.45, 2.75) is 32.6 Å². The van der Waals surface area contributed by atoms with E-state index in [1.54, 1.807) is 0 Å². The minimum absolute atomic E-state index is 0.0630. The standard InChI is InChI=1S/C24H23ClN2O3/c1-15-19(25)8-7-17-18(24(28)27-10-4-2-3-5-11-27)13-20(26-23(15)17)16-6-9-21-22(12-16)30-14-29-21/h6-9,12-13H,2-5,10-11,14H2,1H3. The summed E-state index contributed by atoms with van der Waals surface area (Å²) in [7, 11) is 0. The Morgan fingerprint density at radius 2 is 1.77 bits per heavy atom. The summed E-state index contributed by atoms with van der Waals surface area (Å²) in [5, 5.41) is 1.49. The van der Waals surface area contributed by atoms with E-state index in [0.717, 1.165) is 59.4 Å². The first-order valence-electron chi connectivity index (χ1n) is 10.4. The minimum Gasteiger partial charge on any atom is -0.454 e. The first kappa shape index (κ1) is 19.2. The van der Waals surface area contributed by atoms with E-state index in [9.17, 15) is 4.79 Å². The number of ether oxygens (including phenoxy) is 2. The molecule has 0 radical (unpaired) electrons. The largest absolute Gasteiger partial charge is 0.454 e. The molecule has 0 saturated carbocycles. The highest BCUT2D eigenvalue weighted by Crippen LogP contribution is 2.37. The lowest BCUT2D eigenvalue weighted by Crippen LogP contribution is -2.32. The Morgan fingerprint density at radius 3 is 2.57 bits per heavy atom. The average molecular weight is 423 g/mol. The number of hydrogen-bond acceptors (Lipinski definition) is 4. The molecule has 0 aliphatic carbocycles. The van der Waals surface area contributed by atoms with Gasteiger partial charge >= 0.3 is 0 Å². The van der Waals surface area contributed by atoms with Gasteiger partial charge in [-0.1, -0.05) is 30.5 Å². The third-order valence-corrected chi connectivity index (χ3v) is 6.37. The topological polar surface area (TPSA) is 51.7 Å². The molecule has 5 rings (SSSR count). The zero-order valence-electron chi connectivity index (χ0n) is 16.9. The van der Waals surface area contributed by atoms with Gasteiger partial charge in [-0.05, 0) is 55.7 Å². The van der Waals surface area contributed by atoms with E-state index in [1.165, 1.54) is 12.8 Å². The third-order valence-electron chi connectivity index (χ3n) is 5.96. The number of carbonyl (C=O) groups is 1. The smallest absolute Gasteiger partial charge is 0.254 e. The lowest BCUT2D eigenvalue weighted by atomic mass is 10.0. The molecule has 3 heterocycles. The summed E-state index contributed by atoms with van der Waals surface area (Å²) in [6, 6.07) is 11.4. The van der Waals surface area contributed by atoms with Crippen molar-refractivity contribution in [3.05, 3.63) is 52.5 Å². The number of carbonyl (C=O) groups excluding carboxylic acids is 1. The Labute approximate surface area is 180 Å². The molecule has 5 nitrogen and oxygen atoms in total. The predicted molar refractivity (Wildman–Crippen MR) is 117 cm³/mol. The van der Waals surface area contributed by atoms with Crippen LogP contribution in [0.3, 0.4) is 0 Å². The van der Waals surface area contributed by atoms with E-state index < -0.39 is 0 Å². The van der Waals surface area contributed by atoms with E-state index in [-0.39, 0.29) is 12.7 Å². The zero-order valence-corrected chi connectivity index (χ0v) is 17.7. The number of amides is 1. The van der Waals surface area contributed by atoms with Gasteiger partial charge in [-0.15, -0.1) is 0 Å². The Bertz CT molecular complexity index is 1140. The minimum atomic E-state index is 0.0630. The molecule has 1 fully saturated rings. The molecule has 0 unspecified atom stereocenters. The number of likely N-dealkylation sites (tertiary alicyclic amines) is 1. The van der Waals surface area contributed by atoms with E-state index in [4.69, 9.17) is 26.1 Å². The summed E-state index contributed by atoms with van der Waals surface area (Å²) < 4.78 is 11.0. The Hall–Kier alpha value is -2.79. The third kappa shape index (κ3) is 3.37. The van der Waals surface area contributed by atoms with Crippen molar-refractivity contribution in [2.24, 2.45) is 0 Å². The molecule has 0 atom stereocenters. The SMILES string of the molecule is Cc1c(Cl)ccc2c(C(=O)N3CCCCCC3)cc(-c3ccc4c(c3)OCO4)nc12. The molecule has 3 aromatic rings. The molecule has 0 spiro atoms. The number of fused-ring (bicyclic) bond motifs is 2. The maximum absolute atomic E-state index is 13.6. The van der Waals surface area contributed by atoms with Crippen molar-refractivity contribution in [3.8, 4) is 22.8 Å². The van der Waals surface area contributed by atoms with E-state index in [1.807, 2.05) is 48.2 Å². The maximum atomic E-state index is 13.6.